The molecule has 0 rings (SSSR count). The summed E-state index contributed by atoms with van der Waals surface area (Å²) >= 11 is 0. The molecule has 0 saturated heterocycles. The first-order chi connectivity index (χ1) is 4.77. The van der Waals surface area contributed by atoms with Gasteiger partial charge in [-0.3, -0.25) is 4.18 Å². The zero-order valence-corrected chi connectivity index (χ0v) is 7.60. The van der Waals surface area contributed by atoms with Gasteiger partial charge in [-0.2, -0.15) is 13.7 Å². The zero-order chi connectivity index (χ0) is 9.12. The van der Waals surface area contributed by atoms with Crippen LogP contribution in [-0.2, 0) is 14.3 Å². The average molecular weight is 177 g/mol. The summed E-state index contributed by atoms with van der Waals surface area (Å²) < 4.78 is 25.4. The molecular weight excluding hydrogens is 166 g/mol. The highest BCUT2D eigenvalue weighted by molar-refractivity contribution is 7.85. The smallest absolute Gasteiger partial charge is 0.264 e. The molecule has 0 heterocycles. The van der Waals surface area contributed by atoms with Crippen molar-refractivity contribution in [1.29, 1.82) is 5.26 Å². The lowest BCUT2D eigenvalue weighted by molar-refractivity contribution is 0.235. The Morgan fingerprint density at radius 3 is 2.27 bits per heavy atom. The Hall–Kier alpha value is -0.600. The Bertz CT molecular complexity index is 260. The molecule has 0 fully saturated rings. The highest BCUT2D eigenvalue weighted by Gasteiger charge is 2.19. The van der Waals surface area contributed by atoms with E-state index >= 15 is 0 Å². The van der Waals surface area contributed by atoms with Crippen LogP contribution in [0.15, 0.2) is 0 Å². The first-order valence-corrected chi connectivity index (χ1v) is 4.84. The van der Waals surface area contributed by atoms with Crippen LogP contribution in [0.2, 0.25) is 0 Å². The Balaban J connectivity index is 4.03. The van der Waals surface area contributed by atoms with E-state index in [1.54, 1.807) is 13.8 Å². The normalized spacial score (nSPS) is 12.5. The summed E-state index contributed by atoms with van der Waals surface area (Å²) in [6.45, 7) is 3.12. The molecule has 0 spiro atoms. The topological polar surface area (TPSA) is 67.2 Å². The SMILES string of the molecule is CC(C)(C#N)COS(C)(=O)=O. The van der Waals surface area contributed by atoms with Crippen molar-refractivity contribution in [2.24, 2.45) is 5.41 Å². The second kappa shape index (κ2) is 3.20. The first kappa shape index (κ1) is 10.4. The van der Waals surface area contributed by atoms with E-state index in [0.717, 1.165) is 6.26 Å². The largest absolute Gasteiger partial charge is 0.269 e. The third-order valence-corrected chi connectivity index (χ3v) is 1.48. The maximum absolute atomic E-state index is 10.5. The highest BCUT2D eigenvalue weighted by atomic mass is 32.2. The van der Waals surface area contributed by atoms with Crippen LogP contribution in [0.5, 0.6) is 0 Å². The number of rotatable bonds is 3. The summed E-state index contributed by atoms with van der Waals surface area (Å²) in [7, 11) is -3.42. The second-order valence-electron chi connectivity index (χ2n) is 2.96. The minimum absolute atomic E-state index is 0.0949. The second-order valence-corrected chi connectivity index (χ2v) is 4.61. The monoisotopic (exact) mass is 177 g/mol. The van der Waals surface area contributed by atoms with Crippen LogP contribution < -0.4 is 0 Å². The van der Waals surface area contributed by atoms with Crippen LogP contribution in [-0.4, -0.2) is 21.3 Å². The first-order valence-electron chi connectivity index (χ1n) is 3.02. The summed E-state index contributed by atoms with van der Waals surface area (Å²) in [6, 6.07) is 1.92. The molecule has 64 valence electrons. The van der Waals surface area contributed by atoms with Crippen molar-refractivity contribution in [1.82, 2.24) is 0 Å². The summed E-state index contributed by atoms with van der Waals surface area (Å²) in [5, 5.41) is 8.47. The minimum atomic E-state index is -3.42. The van der Waals surface area contributed by atoms with Gasteiger partial charge in [-0.25, -0.2) is 0 Å². The van der Waals surface area contributed by atoms with Crippen molar-refractivity contribution < 1.29 is 12.6 Å². The van der Waals surface area contributed by atoms with Gasteiger partial charge in [-0.15, -0.1) is 0 Å². The van der Waals surface area contributed by atoms with Crippen LogP contribution in [0.25, 0.3) is 0 Å². The van der Waals surface area contributed by atoms with Crippen LogP contribution in [0.4, 0.5) is 0 Å². The molecule has 0 N–H and O–H groups in total. The zero-order valence-electron chi connectivity index (χ0n) is 6.79. The number of nitriles is 1. The van der Waals surface area contributed by atoms with E-state index in [9.17, 15) is 8.42 Å². The van der Waals surface area contributed by atoms with Crippen molar-refractivity contribution in [2.75, 3.05) is 12.9 Å². The molecule has 0 bridgehead atoms. The Morgan fingerprint density at radius 2 is 2.00 bits per heavy atom. The quantitative estimate of drug-likeness (QED) is 0.589. The van der Waals surface area contributed by atoms with E-state index in [-0.39, 0.29) is 6.61 Å². The highest BCUT2D eigenvalue weighted by Crippen LogP contribution is 2.13. The Morgan fingerprint density at radius 1 is 1.55 bits per heavy atom. The van der Waals surface area contributed by atoms with Gasteiger partial charge in [-0.1, -0.05) is 0 Å². The molecule has 0 aliphatic carbocycles. The molecule has 0 aliphatic rings. The summed E-state index contributed by atoms with van der Waals surface area (Å²) in [5.41, 5.74) is -0.747. The molecule has 4 nitrogen and oxygen atoms in total. The van der Waals surface area contributed by atoms with Gasteiger partial charge >= 0.3 is 0 Å². The molecule has 0 aliphatic heterocycles. The van der Waals surface area contributed by atoms with Crippen LogP contribution in [0, 0.1) is 16.7 Å². The van der Waals surface area contributed by atoms with Crippen molar-refractivity contribution in [3.8, 4) is 6.07 Å². The summed E-state index contributed by atoms with van der Waals surface area (Å²) in [6.07, 6.45) is 0.959. The molecule has 0 aromatic carbocycles. The van der Waals surface area contributed by atoms with Crippen molar-refractivity contribution >= 4 is 10.1 Å². The van der Waals surface area contributed by atoms with Gasteiger partial charge in [0.15, 0.2) is 0 Å². The van der Waals surface area contributed by atoms with E-state index in [4.69, 9.17) is 5.26 Å². The molecule has 5 heteroatoms. The minimum Gasteiger partial charge on any atom is -0.269 e. The van der Waals surface area contributed by atoms with Gasteiger partial charge in [0.25, 0.3) is 10.1 Å². The van der Waals surface area contributed by atoms with Gasteiger partial charge in [-0.05, 0) is 13.8 Å². The summed E-state index contributed by atoms with van der Waals surface area (Å²) in [5.74, 6) is 0. The number of hydrogen-bond acceptors (Lipinski definition) is 4. The van der Waals surface area contributed by atoms with Crippen molar-refractivity contribution in [2.45, 2.75) is 13.8 Å². The van der Waals surface area contributed by atoms with E-state index in [0.29, 0.717) is 0 Å². The lowest BCUT2D eigenvalue weighted by Crippen LogP contribution is -2.19. The molecule has 0 saturated carbocycles. The van der Waals surface area contributed by atoms with Crippen LogP contribution >= 0.6 is 0 Å². The fourth-order valence-electron chi connectivity index (χ4n) is 0.287. The fourth-order valence-corrected chi connectivity index (χ4v) is 0.795. The predicted molar refractivity (Wildman–Crippen MR) is 40.2 cm³/mol. The number of hydrogen-bond donors (Lipinski definition) is 0. The van der Waals surface area contributed by atoms with E-state index in [2.05, 4.69) is 4.18 Å². The standard InChI is InChI=1S/C6H11NO3S/c1-6(2,4-7)5-10-11(3,8)9/h5H2,1-3H3. The molecular formula is C6H11NO3S. The van der Waals surface area contributed by atoms with Gasteiger partial charge in [0, 0.05) is 0 Å². The van der Waals surface area contributed by atoms with Gasteiger partial charge in [0.1, 0.15) is 0 Å². The van der Waals surface area contributed by atoms with Crippen LogP contribution in [0.1, 0.15) is 13.8 Å². The molecule has 0 unspecified atom stereocenters. The molecule has 0 aromatic heterocycles. The predicted octanol–water partition coefficient (Wildman–Crippen LogP) is 0.512. The third kappa shape index (κ3) is 5.83. The van der Waals surface area contributed by atoms with E-state index in [1.165, 1.54) is 0 Å². The summed E-state index contributed by atoms with van der Waals surface area (Å²) in [4.78, 5) is 0. The lowest BCUT2D eigenvalue weighted by atomic mass is 9.98. The third-order valence-electron chi connectivity index (χ3n) is 0.937. The molecule has 0 atom stereocenters. The van der Waals surface area contributed by atoms with Gasteiger partial charge in [0.05, 0.1) is 24.3 Å². The molecule has 0 radical (unpaired) electrons. The van der Waals surface area contributed by atoms with Crippen LogP contribution in [0.3, 0.4) is 0 Å². The average Bonchev–Trinajstić information content (AvgIpc) is 1.83. The lowest BCUT2D eigenvalue weighted by Gasteiger charge is -2.12. The Labute approximate surface area is 66.9 Å². The maximum atomic E-state index is 10.5. The van der Waals surface area contributed by atoms with Crippen molar-refractivity contribution in [3.05, 3.63) is 0 Å². The molecule has 0 amide bonds. The fraction of sp³-hybridized carbons (Fsp3) is 0.833. The van der Waals surface area contributed by atoms with E-state index in [1.807, 2.05) is 6.07 Å². The maximum Gasteiger partial charge on any atom is 0.264 e. The van der Waals surface area contributed by atoms with Gasteiger partial charge in [0.2, 0.25) is 0 Å². The van der Waals surface area contributed by atoms with Crippen molar-refractivity contribution in [3.63, 3.8) is 0 Å². The molecule has 11 heavy (non-hydrogen) atoms. The van der Waals surface area contributed by atoms with Gasteiger partial charge < -0.3 is 0 Å². The Kier molecular flexibility index (Phi) is 3.02. The van der Waals surface area contributed by atoms with E-state index < -0.39 is 15.5 Å². The molecule has 0 aromatic rings. The number of nitrogens with zero attached hydrogens (tertiary/aromatic N) is 1.